The lowest BCUT2D eigenvalue weighted by Crippen LogP contribution is -2.32. The van der Waals surface area contributed by atoms with Crippen molar-refractivity contribution < 1.29 is 18.7 Å². The zero-order valence-corrected chi connectivity index (χ0v) is 16.1. The van der Waals surface area contributed by atoms with Crippen LogP contribution in [0.4, 0.5) is 4.39 Å². The van der Waals surface area contributed by atoms with Gasteiger partial charge in [0.2, 0.25) is 0 Å². The van der Waals surface area contributed by atoms with Gasteiger partial charge in [0.1, 0.15) is 12.4 Å². The number of esters is 1. The molecule has 0 radical (unpaired) electrons. The zero-order chi connectivity index (χ0) is 20.8. The molecule has 1 amide bonds. The fraction of sp³-hybridized carbons (Fsp3) is 0.238. The summed E-state index contributed by atoms with van der Waals surface area (Å²) in [4.78, 5) is 24.6. The van der Waals surface area contributed by atoms with E-state index >= 15 is 0 Å². The van der Waals surface area contributed by atoms with Gasteiger partial charge in [-0.1, -0.05) is 42.5 Å². The van der Waals surface area contributed by atoms with E-state index in [0.717, 1.165) is 11.6 Å². The van der Waals surface area contributed by atoms with Crippen LogP contribution in [0.3, 0.4) is 0 Å². The zero-order valence-electron chi connectivity index (χ0n) is 16.1. The molecule has 7 nitrogen and oxygen atoms in total. The summed E-state index contributed by atoms with van der Waals surface area (Å²) in [5.41, 5.74) is 2.09. The maximum Gasteiger partial charge on any atom is 0.310 e. The van der Waals surface area contributed by atoms with Gasteiger partial charge in [-0.05, 0) is 23.8 Å². The van der Waals surface area contributed by atoms with Crippen molar-refractivity contribution in [3.63, 3.8) is 0 Å². The first-order valence-corrected chi connectivity index (χ1v) is 9.08. The third-order valence-corrected chi connectivity index (χ3v) is 4.37. The molecular weight excluding hydrogens is 375 g/mol. The second-order valence-corrected chi connectivity index (χ2v) is 6.68. The largest absolute Gasteiger partial charge is 0.461 e. The molecule has 8 heteroatoms. The number of halogens is 1. The molecular formula is C21H21FN4O3. The van der Waals surface area contributed by atoms with Gasteiger partial charge >= 0.3 is 5.97 Å². The quantitative estimate of drug-likeness (QED) is 0.621. The first-order valence-electron chi connectivity index (χ1n) is 9.08. The maximum atomic E-state index is 14.0. The second kappa shape index (κ2) is 9.09. The van der Waals surface area contributed by atoms with Crippen molar-refractivity contribution in [2.75, 3.05) is 6.54 Å². The number of carbonyl (C=O) groups is 2. The van der Waals surface area contributed by atoms with Crippen LogP contribution >= 0.6 is 0 Å². The number of amides is 1. The van der Waals surface area contributed by atoms with Gasteiger partial charge in [-0.3, -0.25) is 9.59 Å². The third-order valence-electron chi connectivity index (χ3n) is 4.37. The van der Waals surface area contributed by atoms with E-state index < -0.39 is 23.6 Å². The fourth-order valence-electron chi connectivity index (χ4n) is 2.72. The topological polar surface area (TPSA) is 86.1 Å². The number of aromatic nitrogens is 3. The number of hydrogen-bond donors (Lipinski definition) is 1. The van der Waals surface area contributed by atoms with E-state index in [0.29, 0.717) is 11.3 Å². The average Bonchev–Trinajstić information content (AvgIpc) is 3.16. The molecule has 0 saturated heterocycles. The van der Waals surface area contributed by atoms with Gasteiger partial charge in [-0.25, -0.2) is 9.07 Å². The van der Waals surface area contributed by atoms with Gasteiger partial charge in [-0.15, -0.1) is 5.10 Å². The van der Waals surface area contributed by atoms with Crippen molar-refractivity contribution in [2.45, 2.75) is 13.5 Å². The smallest absolute Gasteiger partial charge is 0.310 e. The van der Waals surface area contributed by atoms with Gasteiger partial charge in [-0.2, -0.15) is 0 Å². The molecule has 0 bridgehead atoms. The Labute approximate surface area is 167 Å². The molecule has 0 aliphatic rings. The Hall–Kier alpha value is -3.55. The lowest BCUT2D eigenvalue weighted by molar-refractivity contribution is -0.149. The summed E-state index contributed by atoms with van der Waals surface area (Å²) < 4.78 is 20.7. The van der Waals surface area contributed by atoms with Gasteiger partial charge < -0.3 is 10.1 Å². The highest BCUT2D eigenvalue weighted by molar-refractivity contribution is 5.95. The lowest BCUT2D eigenvalue weighted by atomic mass is 10.1. The maximum absolute atomic E-state index is 14.0. The van der Waals surface area contributed by atoms with Crippen LogP contribution in [-0.2, 0) is 23.2 Å². The van der Waals surface area contributed by atoms with Crippen molar-refractivity contribution in [3.8, 4) is 11.3 Å². The first kappa shape index (κ1) is 20.2. The molecule has 0 fully saturated rings. The van der Waals surface area contributed by atoms with Gasteiger partial charge in [0.15, 0.2) is 0 Å². The number of hydrogen-bond acceptors (Lipinski definition) is 5. The fourth-order valence-corrected chi connectivity index (χ4v) is 2.72. The number of aryl methyl sites for hydroxylation is 1. The minimum absolute atomic E-state index is 0.0750. The Balaban J connectivity index is 1.58. The Kier molecular flexibility index (Phi) is 6.33. The van der Waals surface area contributed by atoms with Crippen molar-refractivity contribution in [2.24, 2.45) is 13.0 Å². The Bertz CT molecular complexity index is 1000. The van der Waals surface area contributed by atoms with Gasteiger partial charge in [0, 0.05) is 24.7 Å². The van der Waals surface area contributed by atoms with Crippen molar-refractivity contribution in [1.29, 1.82) is 0 Å². The minimum Gasteiger partial charge on any atom is -0.461 e. The van der Waals surface area contributed by atoms with Gasteiger partial charge in [0.05, 0.1) is 17.8 Å². The van der Waals surface area contributed by atoms with Crippen molar-refractivity contribution >= 4 is 11.9 Å². The summed E-state index contributed by atoms with van der Waals surface area (Å²) >= 11 is 0. The van der Waals surface area contributed by atoms with Crippen LogP contribution in [0.1, 0.15) is 22.8 Å². The minimum atomic E-state index is -0.552. The third kappa shape index (κ3) is 5.25. The molecule has 0 aliphatic heterocycles. The van der Waals surface area contributed by atoms with Crippen LogP contribution in [0.2, 0.25) is 0 Å². The molecule has 29 heavy (non-hydrogen) atoms. The molecule has 3 aromatic rings. The van der Waals surface area contributed by atoms with Crippen molar-refractivity contribution in [3.05, 3.63) is 71.7 Å². The second-order valence-electron chi connectivity index (χ2n) is 6.68. The molecule has 1 heterocycles. The monoisotopic (exact) mass is 396 g/mol. The number of nitrogens with one attached hydrogen (secondary N) is 1. The molecule has 1 N–H and O–H groups in total. The summed E-state index contributed by atoms with van der Waals surface area (Å²) in [6.07, 6.45) is 1.49. The summed E-state index contributed by atoms with van der Waals surface area (Å²) in [5, 5.41) is 10.2. The van der Waals surface area contributed by atoms with E-state index in [1.54, 1.807) is 20.0 Å². The molecule has 1 aromatic heterocycles. The van der Waals surface area contributed by atoms with Crippen LogP contribution in [0.25, 0.3) is 11.3 Å². The van der Waals surface area contributed by atoms with E-state index in [1.165, 1.54) is 16.9 Å². The van der Waals surface area contributed by atoms with Gasteiger partial charge in [0.25, 0.3) is 5.91 Å². The summed E-state index contributed by atoms with van der Waals surface area (Å²) in [5.74, 6) is -2.00. The standard InChI is InChI=1S/C21H21FN4O3/c1-14(21(28)29-13-15-6-4-3-5-7-15)11-23-20(27)17-8-16(9-18(22)10-17)19-12-24-25-26(19)2/h3-10,12,14H,11,13H2,1-2H3,(H,23,27)/t14-/m1/s1. The Morgan fingerprint density at radius 2 is 1.97 bits per heavy atom. The van der Waals surface area contributed by atoms with E-state index in [2.05, 4.69) is 15.6 Å². The summed E-state index contributed by atoms with van der Waals surface area (Å²) in [6.45, 7) is 1.90. The number of carbonyl (C=O) groups excluding carboxylic acids is 2. The molecule has 0 saturated carbocycles. The molecule has 0 spiro atoms. The van der Waals surface area contributed by atoms with Crippen LogP contribution in [0, 0.1) is 11.7 Å². The highest BCUT2D eigenvalue weighted by atomic mass is 19.1. The number of nitrogens with zero attached hydrogens (tertiary/aromatic N) is 3. The van der Waals surface area contributed by atoms with Crippen LogP contribution in [0.5, 0.6) is 0 Å². The highest BCUT2D eigenvalue weighted by Crippen LogP contribution is 2.20. The normalized spacial score (nSPS) is 11.7. The number of rotatable bonds is 7. The van der Waals surface area contributed by atoms with Crippen LogP contribution in [0.15, 0.2) is 54.7 Å². The lowest BCUT2D eigenvalue weighted by Gasteiger charge is -2.13. The van der Waals surface area contributed by atoms with E-state index in [9.17, 15) is 14.0 Å². The molecule has 1 atom stereocenters. The summed E-state index contributed by atoms with van der Waals surface area (Å²) in [7, 11) is 1.68. The molecule has 0 unspecified atom stereocenters. The van der Waals surface area contributed by atoms with E-state index in [1.807, 2.05) is 30.3 Å². The first-order chi connectivity index (χ1) is 13.9. The number of benzene rings is 2. The SMILES string of the molecule is C[C@H](CNC(=O)c1cc(F)cc(-c2cnnn2C)c1)C(=O)OCc1ccccc1. The molecule has 2 aromatic carbocycles. The predicted molar refractivity (Wildman–Crippen MR) is 104 cm³/mol. The predicted octanol–water partition coefficient (Wildman–Crippen LogP) is 2.73. The van der Waals surface area contributed by atoms with Crippen LogP contribution < -0.4 is 5.32 Å². The van der Waals surface area contributed by atoms with Crippen LogP contribution in [-0.4, -0.2) is 33.4 Å². The van der Waals surface area contributed by atoms with E-state index in [4.69, 9.17) is 4.74 Å². The van der Waals surface area contributed by atoms with E-state index in [-0.39, 0.29) is 18.7 Å². The average molecular weight is 396 g/mol. The summed E-state index contributed by atoms with van der Waals surface area (Å²) in [6, 6.07) is 13.3. The highest BCUT2D eigenvalue weighted by Gasteiger charge is 2.17. The Morgan fingerprint density at radius 1 is 1.21 bits per heavy atom. The number of ether oxygens (including phenoxy) is 1. The van der Waals surface area contributed by atoms with Crippen molar-refractivity contribution in [1.82, 2.24) is 20.3 Å². The molecule has 0 aliphatic carbocycles. The molecule has 3 rings (SSSR count). The Morgan fingerprint density at radius 3 is 2.66 bits per heavy atom. The molecule has 150 valence electrons.